The van der Waals surface area contributed by atoms with Gasteiger partial charge in [-0.1, -0.05) is 196 Å². The highest BCUT2D eigenvalue weighted by molar-refractivity contribution is 5.44. The second-order valence-corrected chi connectivity index (χ2v) is 15.7. The summed E-state index contributed by atoms with van der Waals surface area (Å²) in [4.78, 5) is 0. The predicted octanol–water partition coefficient (Wildman–Crippen LogP) is 14.9. The molecular weight excluding hydrogens is 629 g/mol. The first kappa shape index (κ1) is 41.2. The van der Waals surface area contributed by atoms with Gasteiger partial charge in [0.15, 0.2) is 0 Å². The quantitative estimate of drug-likeness (QED) is 0.0506. The lowest BCUT2D eigenvalue weighted by Crippen LogP contribution is -2.07. The van der Waals surface area contributed by atoms with Crippen molar-refractivity contribution in [3.8, 4) is 0 Å². The zero-order valence-electron chi connectivity index (χ0n) is 33.3. The number of benzene rings is 4. The molecule has 4 aromatic rings. The molecule has 0 fully saturated rings. The van der Waals surface area contributed by atoms with Crippen molar-refractivity contribution in [2.24, 2.45) is 0 Å². The summed E-state index contributed by atoms with van der Waals surface area (Å²) < 4.78 is 0. The highest BCUT2D eigenvalue weighted by Crippen LogP contribution is 2.35. The molecule has 0 bridgehead atoms. The van der Waals surface area contributed by atoms with E-state index in [1.54, 1.807) is 0 Å². The number of anilines is 2. The van der Waals surface area contributed by atoms with Crippen LogP contribution >= 0.6 is 0 Å². The number of hydrogen-bond donors (Lipinski definition) is 2. The molecule has 0 spiro atoms. The fraction of sp³-hybridized carbons (Fsp3) is 0.520. The van der Waals surface area contributed by atoms with Crippen LogP contribution in [-0.2, 0) is 6.42 Å². The maximum Gasteiger partial charge on any atom is 0.0314 e. The Hall–Kier alpha value is -3.52. The van der Waals surface area contributed by atoms with E-state index in [4.69, 9.17) is 11.5 Å². The molecule has 4 N–H and O–H groups in total. The molecule has 0 saturated heterocycles. The maximum absolute atomic E-state index is 6.10. The van der Waals surface area contributed by atoms with Gasteiger partial charge in [0.2, 0.25) is 0 Å². The zero-order chi connectivity index (χ0) is 36.8. The maximum atomic E-state index is 6.10. The third-order valence-electron chi connectivity index (χ3n) is 11.5. The van der Waals surface area contributed by atoms with E-state index in [0.717, 1.165) is 17.8 Å². The van der Waals surface area contributed by atoms with Crippen LogP contribution in [0.3, 0.4) is 0 Å². The fourth-order valence-corrected chi connectivity index (χ4v) is 8.14. The van der Waals surface area contributed by atoms with Crippen LogP contribution in [0.1, 0.15) is 194 Å². The van der Waals surface area contributed by atoms with Gasteiger partial charge in [0, 0.05) is 23.2 Å². The van der Waals surface area contributed by atoms with Crippen molar-refractivity contribution in [1.82, 2.24) is 0 Å². The minimum atomic E-state index is 0.418. The number of rotatable bonds is 26. The SMILES string of the molecule is CCCCCCCCC(c1ccc(N)cc1)c1ccc(CC(CCCCCC)c2ccc(C(CCCCCCCC)c3ccc(N)cc3)cc2)cc1. The van der Waals surface area contributed by atoms with Crippen LogP contribution in [0.4, 0.5) is 11.4 Å². The molecule has 0 saturated carbocycles. The number of nitrogens with two attached hydrogens (primary N) is 2. The van der Waals surface area contributed by atoms with Gasteiger partial charge in [0.1, 0.15) is 0 Å². The topological polar surface area (TPSA) is 52.0 Å². The van der Waals surface area contributed by atoms with Crippen LogP contribution in [-0.4, -0.2) is 0 Å². The Kier molecular flexibility index (Phi) is 19.0. The molecule has 0 aliphatic rings. The Balaban J connectivity index is 1.49. The largest absolute Gasteiger partial charge is 0.399 e. The molecular formula is C50H72N2. The average molecular weight is 701 g/mol. The van der Waals surface area contributed by atoms with E-state index in [2.05, 4.69) is 118 Å². The molecule has 3 atom stereocenters. The summed E-state index contributed by atoms with van der Waals surface area (Å²) in [6, 6.07) is 36.7. The molecule has 0 amide bonds. The summed E-state index contributed by atoms with van der Waals surface area (Å²) in [6.45, 7) is 6.90. The lowest BCUT2D eigenvalue weighted by atomic mass is 9.82. The van der Waals surface area contributed by atoms with Gasteiger partial charge in [0.25, 0.3) is 0 Å². The second kappa shape index (κ2) is 23.9. The summed E-state index contributed by atoms with van der Waals surface area (Å²) in [5.74, 6) is 1.37. The molecule has 3 unspecified atom stereocenters. The predicted molar refractivity (Wildman–Crippen MR) is 229 cm³/mol. The third kappa shape index (κ3) is 14.1. The lowest BCUT2D eigenvalue weighted by Gasteiger charge is -2.22. The van der Waals surface area contributed by atoms with Gasteiger partial charge in [0.05, 0.1) is 0 Å². The van der Waals surface area contributed by atoms with Crippen molar-refractivity contribution in [2.75, 3.05) is 11.5 Å². The van der Waals surface area contributed by atoms with Gasteiger partial charge >= 0.3 is 0 Å². The Labute approximate surface area is 319 Å². The highest BCUT2D eigenvalue weighted by Gasteiger charge is 2.19. The van der Waals surface area contributed by atoms with E-state index in [-0.39, 0.29) is 0 Å². The van der Waals surface area contributed by atoms with Crippen LogP contribution in [0.2, 0.25) is 0 Å². The van der Waals surface area contributed by atoms with E-state index in [1.165, 1.54) is 155 Å². The molecule has 4 aromatic carbocycles. The van der Waals surface area contributed by atoms with E-state index >= 15 is 0 Å². The molecule has 0 aliphatic carbocycles. The standard InChI is InChI=1S/C50H72N2/c1-4-7-10-13-15-18-21-49(44-31-35-47(51)36-32-44)42-25-23-40(24-26-42)39-46(20-17-12-9-6-3)41-27-29-43(30-28-41)50(22-19-16-14-11-8-5-2)45-33-37-48(52)38-34-45/h23-38,46,49-50H,4-22,39,51-52H2,1-3H3. The summed E-state index contributed by atoms with van der Waals surface area (Å²) in [7, 11) is 0. The Bertz CT molecular complexity index is 1470. The molecule has 0 heterocycles. The van der Waals surface area contributed by atoms with E-state index < -0.39 is 0 Å². The van der Waals surface area contributed by atoms with Crippen molar-refractivity contribution in [1.29, 1.82) is 0 Å². The smallest absolute Gasteiger partial charge is 0.0314 e. The number of unbranched alkanes of at least 4 members (excludes halogenated alkanes) is 13. The molecule has 2 heteroatoms. The Morgan fingerprint density at radius 1 is 0.346 bits per heavy atom. The van der Waals surface area contributed by atoms with E-state index in [9.17, 15) is 0 Å². The van der Waals surface area contributed by atoms with Gasteiger partial charge in [-0.25, -0.2) is 0 Å². The van der Waals surface area contributed by atoms with Crippen LogP contribution in [0, 0.1) is 0 Å². The fourth-order valence-electron chi connectivity index (χ4n) is 8.14. The third-order valence-corrected chi connectivity index (χ3v) is 11.5. The first-order valence-electron chi connectivity index (χ1n) is 21.4. The highest BCUT2D eigenvalue weighted by atomic mass is 14.5. The Morgan fingerprint density at radius 3 is 1.08 bits per heavy atom. The minimum absolute atomic E-state index is 0.418. The van der Waals surface area contributed by atoms with Crippen molar-refractivity contribution in [3.05, 3.63) is 130 Å². The molecule has 0 aromatic heterocycles. The van der Waals surface area contributed by atoms with Crippen molar-refractivity contribution in [2.45, 2.75) is 167 Å². The number of hydrogen-bond acceptors (Lipinski definition) is 2. The average Bonchev–Trinajstić information content (AvgIpc) is 3.17. The molecule has 52 heavy (non-hydrogen) atoms. The molecule has 0 radical (unpaired) electrons. The normalized spacial score (nSPS) is 13.2. The van der Waals surface area contributed by atoms with Crippen LogP contribution in [0.5, 0.6) is 0 Å². The summed E-state index contributed by atoms with van der Waals surface area (Å²) in [5.41, 5.74) is 22.5. The van der Waals surface area contributed by atoms with Crippen molar-refractivity contribution in [3.63, 3.8) is 0 Å². The van der Waals surface area contributed by atoms with Gasteiger partial charge in [-0.05, 0) is 89.2 Å². The van der Waals surface area contributed by atoms with Crippen LogP contribution in [0.25, 0.3) is 0 Å². The number of nitrogen functional groups attached to an aromatic ring is 2. The van der Waals surface area contributed by atoms with E-state index in [0.29, 0.717) is 17.8 Å². The van der Waals surface area contributed by atoms with Crippen LogP contribution < -0.4 is 11.5 Å². The lowest BCUT2D eigenvalue weighted by molar-refractivity contribution is 0.550. The molecule has 2 nitrogen and oxygen atoms in total. The monoisotopic (exact) mass is 701 g/mol. The molecule has 4 rings (SSSR count). The van der Waals surface area contributed by atoms with E-state index in [1.807, 2.05) is 0 Å². The van der Waals surface area contributed by atoms with Crippen molar-refractivity contribution < 1.29 is 0 Å². The second-order valence-electron chi connectivity index (χ2n) is 15.7. The van der Waals surface area contributed by atoms with Crippen molar-refractivity contribution >= 4 is 11.4 Å². The first-order chi connectivity index (χ1) is 25.5. The minimum Gasteiger partial charge on any atom is -0.399 e. The molecule has 282 valence electrons. The van der Waals surface area contributed by atoms with Gasteiger partial charge in [-0.2, -0.15) is 0 Å². The van der Waals surface area contributed by atoms with Gasteiger partial charge in [-0.15, -0.1) is 0 Å². The zero-order valence-corrected chi connectivity index (χ0v) is 33.3. The summed E-state index contributed by atoms with van der Waals surface area (Å²) in [5, 5.41) is 0. The van der Waals surface area contributed by atoms with Crippen LogP contribution in [0.15, 0.2) is 97.1 Å². The summed E-state index contributed by atoms with van der Waals surface area (Å²) >= 11 is 0. The Morgan fingerprint density at radius 2 is 0.654 bits per heavy atom. The summed E-state index contributed by atoms with van der Waals surface area (Å²) in [6.07, 6.45) is 25.9. The van der Waals surface area contributed by atoms with Gasteiger partial charge in [-0.3, -0.25) is 0 Å². The molecule has 0 aliphatic heterocycles. The first-order valence-corrected chi connectivity index (χ1v) is 21.4. The van der Waals surface area contributed by atoms with Gasteiger partial charge < -0.3 is 11.5 Å².